The number of amides is 2. The number of aliphatic imine (C=N–C) groups is 1. The lowest BCUT2D eigenvalue weighted by Crippen LogP contribution is -2.30. The molecule has 3 aromatic rings. The number of furan rings is 1. The van der Waals surface area contributed by atoms with Gasteiger partial charge < -0.3 is 15.1 Å². The van der Waals surface area contributed by atoms with Gasteiger partial charge in [0.05, 0.1) is 18.5 Å². The van der Waals surface area contributed by atoms with Crippen molar-refractivity contribution in [2.45, 2.75) is 6.54 Å². The lowest BCUT2D eigenvalue weighted by molar-refractivity contribution is -0.117. The Morgan fingerprint density at radius 3 is 2.45 bits per heavy atom. The molecule has 2 aromatic carbocycles. The molecule has 0 saturated carbocycles. The summed E-state index contributed by atoms with van der Waals surface area (Å²) in [5, 5.41) is 14.9. The molecule has 1 aliphatic heterocycles. The van der Waals surface area contributed by atoms with Crippen molar-refractivity contribution < 1.29 is 18.4 Å². The van der Waals surface area contributed by atoms with Crippen molar-refractivity contribution in [3.05, 3.63) is 101 Å². The molecular formula is C23H15FN4O3. The molecule has 0 spiro atoms. The summed E-state index contributed by atoms with van der Waals surface area (Å²) in [6.45, 7) is 0.115. The Labute approximate surface area is 176 Å². The highest BCUT2D eigenvalue weighted by Crippen LogP contribution is 2.30. The van der Waals surface area contributed by atoms with E-state index in [1.807, 2.05) is 6.07 Å². The van der Waals surface area contributed by atoms with Crippen molar-refractivity contribution in [1.82, 2.24) is 10.6 Å². The van der Waals surface area contributed by atoms with E-state index in [2.05, 4.69) is 15.6 Å². The van der Waals surface area contributed by atoms with E-state index >= 15 is 0 Å². The first-order valence-corrected chi connectivity index (χ1v) is 9.27. The molecule has 0 saturated heterocycles. The zero-order valence-corrected chi connectivity index (χ0v) is 16.1. The SMILES string of the molecule is N#CC(C(=O)NCc1ccco1)=C1N=C(NC(=O)c2ccc(F)cc2)c2ccccc21. The summed E-state index contributed by atoms with van der Waals surface area (Å²) in [4.78, 5) is 29.5. The lowest BCUT2D eigenvalue weighted by Gasteiger charge is -2.06. The van der Waals surface area contributed by atoms with Gasteiger partial charge in [-0.25, -0.2) is 9.38 Å². The fourth-order valence-electron chi connectivity index (χ4n) is 3.08. The number of amidine groups is 1. The number of hydrogen-bond donors (Lipinski definition) is 2. The highest BCUT2D eigenvalue weighted by Gasteiger charge is 2.27. The van der Waals surface area contributed by atoms with Gasteiger partial charge in [0.2, 0.25) is 0 Å². The average molecular weight is 414 g/mol. The third-order valence-electron chi connectivity index (χ3n) is 4.58. The third-order valence-corrected chi connectivity index (χ3v) is 4.58. The second-order valence-electron chi connectivity index (χ2n) is 6.56. The predicted octanol–water partition coefficient (Wildman–Crippen LogP) is 3.16. The van der Waals surface area contributed by atoms with Gasteiger partial charge in [0.1, 0.15) is 29.1 Å². The molecule has 31 heavy (non-hydrogen) atoms. The van der Waals surface area contributed by atoms with Crippen LogP contribution in [0.15, 0.2) is 81.9 Å². The summed E-state index contributed by atoms with van der Waals surface area (Å²) in [7, 11) is 0. The van der Waals surface area contributed by atoms with Crippen LogP contribution < -0.4 is 10.6 Å². The Balaban J connectivity index is 1.64. The summed E-state index contributed by atoms with van der Waals surface area (Å²) in [5.41, 5.74) is 1.33. The Morgan fingerprint density at radius 2 is 1.77 bits per heavy atom. The molecule has 0 bridgehead atoms. The van der Waals surface area contributed by atoms with Crippen LogP contribution in [0.5, 0.6) is 0 Å². The lowest BCUT2D eigenvalue weighted by atomic mass is 10.0. The smallest absolute Gasteiger partial charge is 0.264 e. The van der Waals surface area contributed by atoms with Gasteiger partial charge in [0, 0.05) is 16.7 Å². The normalized spacial score (nSPS) is 13.6. The van der Waals surface area contributed by atoms with E-state index in [0.29, 0.717) is 16.9 Å². The van der Waals surface area contributed by atoms with Crippen LogP contribution in [0.4, 0.5) is 4.39 Å². The average Bonchev–Trinajstić information content (AvgIpc) is 3.42. The molecule has 0 aliphatic carbocycles. The molecular weight excluding hydrogens is 399 g/mol. The highest BCUT2D eigenvalue weighted by atomic mass is 19.1. The minimum atomic E-state index is -0.612. The molecule has 0 atom stereocenters. The van der Waals surface area contributed by atoms with Crippen LogP contribution in [-0.4, -0.2) is 17.6 Å². The van der Waals surface area contributed by atoms with Crippen molar-refractivity contribution in [3.63, 3.8) is 0 Å². The Morgan fingerprint density at radius 1 is 1.03 bits per heavy atom. The molecule has 7 nitrogen and oxygen atoms in total. The quantitative estimate of drug-likeness (QED) is 0.505. The first-order chi connectivity index (χ1) is 15.1. The Bertz CT molecular complexity index is 1250. The topological polar surface area (TPSA) is 107 Å². The maximum Gasteiger partial charge on any atom is 0.264 e. The molecule has 0 radical (unpaired) electrons. The molecule has 1 aliphatic rings. The Hall–Kier alpha value is -4.51. The van der Waals surface area contributed by atoms with Gasteiger partial charge in [-0.1, -0.05) is 24.3 Å². The van der Waals surface area contributed by atoms with E-state index < -0.39 is 17.6 Å². The van der Waals surface area contributed by atoms with Gasteiger partial charge in [-0.05, 0) is 36.4 Å². The van der Waals surface area contributed by atoms with Crippen LogP contribution in [0.2, 0.25) is 0 Å². The van der Waals surface area contributed by atoms with Gasteiger partial charge in [-0.15, -0.1) is 0 Å². The van der Waals surface area contributed by atoms with E-state index in [1.165, 1.54) is 30.5 Å². The first kappa shape index (κ1) is 19.8. The van der Waals surface area contributed by atoms with Crippen LogP contribution in [-0.2, 0) is 11.3 Å². The maximum absolute atomic E-state index is 13.1. The molecule has 0 unspecified atom stereocenters. The van der Waals surface area contributed by atoms with Gasteiger partial charge in [0.25, 0.3) is 11.8 Å². The van der Waals surface area contributed by atoms with Crippen molar-refractivity contribution >= 4 is 23.3 Å². The van der Waals surface area contributed by atoms with Crippen molar-refractivity contribution in [1.29, 1.82) is 5.26 Å². The number of benzene rings is 2. The molecule has 2 N–H and O–H groups in total. The summed E-state index contributed by atoms with van der Waals surface area (Å²) in [6, 6.07) is 17.3. The van der Waals surface area contributed by atoms with Crippen molar-refractivity contribution in [2.75, 3.05) is 0 Å². The molecule has 8 heteroatoms. The molecule has 0 fully saturated rings. The van der Waals surface area contributed by atoms with E-state index in [1.54, 1.807) is 36.4 Å². The van der Waals surface area contributed by atoms with Gasteiger partial charge in [0.15, 0.2) is 0 Å². The number of carbonyl (C=O) groups excluding carboxylic acids is 2. The summed E-state index contributed by atoms with van der Waals surface area (Å²) in [5.74, 6) is -0.816. The number of nitrogens with zero attached hydrogens (tertiary/aromatic N) is 2. The number of nitriles is 1. The summed E-state index contributed by atoms with van der Waals surface area (Å²) < 4.78 is 18.3. The van der Waals surface area contributed by atoms with Gasteiger partial charge in [-0.2, -0.15) is 5.26 Å². The highest BCUT2D eigenvalue weighted by molar-refractivity contribution is 6.20. The second kappa shape index (κ2) is 8.47. The van der Waals surface area contributed by atoms with E-state index in [9.17, 15) is 19.2 Å². The first-order valence-electron chi connectivity index (χ1n) is 9.27. The molecule has 152 valence electrons. The Kier molecular flexibility index (Phi) is 5.41. The van der Waals surface area contributed by atoms with Crippen LogP contribution in [0.3, 0.4) is 0 Å². The van der Waals surface area contributed by atoms with Crippen LogP contribution in [0, 0.1) is 17.1 Å². The number of halogens is 1. The summed E-state index contributed by atoms with van der Waals surface area (Å²) >= 11 is 0. The van der Waals surface area contributed by atoms with Crippen molar-refractivity contribution in [2.24, 2.45) is 4.99 Å². The second-order valence-corrected chi connectivity index (χ2v) is 6.56. The molecule has 2 amide bonds. The number of rotatable bonds is 4. The fourth-order valence-corrected chi connectivity index (χ4v) is 3.08. The maximum atomic E-state index is 13.1. The fraction of sp³-hybridized carbons (Fsp3) is 0.0435. The third kappa shape index (κ3) is 4.11. The molecule has 4 rings (SSSR count). The van der Waals surface area contributed by atoms with Gasteiger partial charge in [-0.3, -0.25) is 9.59 Å². The minimum absolute atomic E-state index is 0.115. The van der Waals surface area contributed by atoms with Crippen LogP contribution >= 0.6 is 0 Å². The zero-order valence-electron chi connectivity index (χ0n) is 16.1. The number of nitrogens with one attached hydrogen (secondary N) is 2. The van der Waals surface area contributed by atoms with Crippen molar-refractivity contribution in [3.8, 4) is 6.07 Å². The van der Waals surface area contributed by atoms with Gasteiger partial charge >= 0.3 is 0 Å². The number of hydrogen-bond acceptors (Lipinski definition) is 5. The van der Waals surface area contributed by atoms with Crippen LogP contribution in [0.25, 0.3) is 5.70 Å². The van der Waals surface area contributed by atoms with Crippen LogP contribution in [0.1, 0.15) is 27.2 Å². The monoisotopic (exact) mass is 414 g/mol. The standard InChI is InChI=1S/C23H15FN4O3/c24-15-9-7-14(8-10-15)22(29)28-21-18-6-2-1-5-17(18)20(27-21)19(12-25)23(30)26-13-16-4-3-11-31-16/h1-11H,13H2,(H,26,30)(H,27,28,29). The van der Waals surface area contributed by atoms with E-state index in [-0.39, 0.29) is 29.2 Å². The summed E-state index contributed by atoms with van der Waals surface area (Å²) in [6.07, 6.45) is 1.48. The van der Waals surface area contributed by atoms with E-state index in [4.69, 9.17) is 4.42 Å². The van der Waals surface area contributed by atoms with E-state index in [0.717, 1.165) is 0 Å². The predicted molar refractivity (Wildman–Crippen MR) is 110 cm³/mol. The minimum Gasteiger partial charge on any atom is -0.467 e. The number of fused-ring (bicyclic) bond motifs is 1. The molecule has 2 heterocycles. The molecule has 1 aromatic heterocycles. The number of carbonyl (C=O) groups is 2. The largest absolute Gasteiger partial charge is 0.467 e. The zero-order chi connectivity index (χ0) is 21.8.